The summed E-state index contributed by atoms with van der Waals surface area (Å²) in [6.07, 6.45) is 1.64. The number of carbonyl (C=O) groups excluding carboxylic acids is 1. The van der Waals surface area contributed by atoms with Crippen LogP contribution in [-0.4, -0.2) is 53.3 Å². The first kappa shape index (κ1) is 13.5. The highest BCUT2D eigenvalue weighted by Gasteiger charge is 2.42. The molecule has 1 unspecified atom stereocenters. The van der Waals surface area contributed by atoms with E-state index >= 15 is 0 Å². The molecule has 0 aromatic carbocycles. The standard InChI is InChI=1S/C11H18N2O4/c1-4-8(2)12-10(16)13-6-11(3,7-13)17-5-9(14)15/h4,8H,1,5-7H2,2-3H3,(H,12,16)(H,14,15). The normalized spacial score (nSPS) is 19.1. The smallest absolute Gasteiger partial charge is 0.329 e. The number of likely N-dealkylation sites (tertiary alicyclic amines) is 1. The van der Waals surface area contributed by atoms with Crippen molar-refractivity contribution in [3.63, 3.8) is 0 Å². The molecule has 0 radical (unpaired) electrons. The van der Waals surface area contributed by atoms with Crippen LogP contribution < -0.4 is 5.32 Å². The summed E-state index contributed by atoms with van der Waals surface area (Å²) in [7, 11) is 0. The van der Waals surface area contributed by atoms with Gasteiger partial charge in [-0.1, -0.05) is 6.08 Å². The van der Waals surface area contributed by atoms with Gasteiger partial charge in [0.2, 0.25) is 0 Å². The molecular weight excluding hydrogens is 224 g/mol. The molecule has 0 aliphatic carbocycles. The maximum Gasteiger partial charge on any atom is 0.329 e. The molecule has 1 aliphatic heterocycles. The van der Waals surface area contributed by atoms with Crippen molar-refractivity contribution in [2.45, 2.75) is 25.5 Å². The number of aliphatic carboxylic acids is 1. The number of carboxylic acid groups (broad SMARTS) is 1. The zero-order valence-corrected chi connectivity index (χ0v) is 10.1. The van der Waals surface area contributed by atoms with Gasteiger partial charge in [-0.3, -0.25) is 0 Å². The summed E-state index contributed by atoms with van der Waals surface area (Å²) in [5.41, 5.74) is -0.548. The van der Waals surface area contributed by atoms with Crippen molar-refractivity contribution in [2.75, 3.05) is 19.7 Å². The van der Waals surface area contributed by atoms with Gasteiger partial charge in [-0.15, -0.1) is 6.58 Å². The highest BCUT2D eigenvalue weighted by Crippen LogP contribution is 2.24. The van der Waals surface area contributed by atoms with E-state index in [0.29, 0.717) is 13.1 Å². The number of carbonyl (C=O) groups is 2. The van der Waals surface area contributed by atoms with Crippen molar-refractivity contribution < 1.29 is 19.4 Å². The molecule has 1 heterocycles. The minimum absolute atomic E-state index is 0.0886. The Kier molecular flexibility index (Phi) is 4.11. The molecule has 1 fully saturated rings. The average molecular weight is 242 g/mol. The van der Waals surface area contributed by atoms with Crippen LogP contribution in [0.3, 0.4) is 0 Å². The highest BCUT2D eigenvalue weighted by atomic mass is 16.5. The molecule has 96 valence electrons. The van der Waals surface area contributed by atoms with Crippen LogP contribution >= 0.6 is 0 Å². The number of nitrogens with one attached hydrogen (secondary N) is 1. The Hall–Kier alpha value is -1.56. The highest BCUT2D eigenvalue weighted by molar-refractivity contribution is 5.76. The molecule has 1 atom stereocenters. The van der Waals surface area contributed by atoms with Gasteiger partial charge in [0.05, 0.1) is 13.1 Å². The number of amides is 2. The van der Waals surface area contributed by atoms with Gasteiger partial charge in [-0.2, -0.15) is 0 Å². The van der Waals surface area contributed by atoms with Crippen LogP contribution in [0, 0.1) is 0 Å². The van der Waals surface area contributed by atoms with Crippen molar-refractivity contribution in [3.05, 3.63) is 12.7 Å². The molecule has 2 amide bonds. The van der Waals surface area contributed by atoms with Gasteiger partial charge in [0.1, 0.15) is 12.2 Å². The predicted octanol–water partition coefficient (Wildman–Crippen LogP) is 0.446. The van der Waals surface area contributed by atoms with Crippen LogP contribution in [0.15, 0.2) is 12.7 Å². The van der Waals surface area contributed by atoms with Gasteiger partial charge >= 0.3 is 12.0 Å². The zero-order valence-electron chi connectivity index (χ0n) is 10.1. The number of ether oxygens (including phenoxy) is 1. The summed E-state index contributed by atoms with van der Waals surface area (Å²) in [4.78, 5) is 23.5. The lowest BCUT2D eigenvalue weighted by atomic mass is 9.97. The molecule has 2 N–H and O–H groups in total. The lowest BCUT2D eigenvalue weighted by Crippen LogP contribution is -2.65. The summed E-state index contributed by atoms with van der Waals surface area (Å²) in [5, 5.41) is 11.2. The van der Waals surface area contributed by atoms with Crippen LogP contribution in [-0.2, 0) is 9.53 Å². The number of hydrogen-bond donors (Lipinski definition) is 2. The summed E-state index contributed by atoms with van der Waals surface area (Å²) in [5.74, 6) is -1.01. The Morgan fingerprint density at radius 3 is 2.71 bits per heavy atom. The molecule has 0 aromatic heterocycles. The SMILES string of the molecule is C=CC(C)NC(=O)N1CC(C)(OCC(=O)O)C1. The number of nitrogens with zero attached hydrogens (tertiary/aromatic N) is 1. The van der Waals surface area contributed by atoms with Crippen LogP contribution in [0.25, 0.3) is 0 Å². The maximum atomic E-state index is 11.6. The fourth-order valence-electron chi connectivity index (χ4n) is 1.58. The summed E-state index contributed by atoms with van der Waals surface area (Å²) in [6, 6.07) is -0.275. The molecule has 1 aliphatic rings. The Labute approximate surface area is 100 Å². The molecular formula is C11H18N2O4. The number of hydrogen-bond acceptors (Lipinski definition) is 3. The second kappa shape index (κ2) is 5.18. The maximum absolute atomic E-state index is 11.6. The van der Waals surface area contributed by atoms with Crippen molar-refractivity contribution >= 4 is 12.0 Å². The first-order valence-electron chi connectivity index (χ1n) is 5.40. The topological polar surface area (TPSA) is 78.9 Å². The Balaban J connectivity index is 2.32. The molecule has 1 rings (SSSR count). The molecule has 0 saturated carbocycles. The van der Waals surface area contributed by atoms with Crippen molar-refractivity contribution in [2.24, 2.45) is 0 Å². The summed E-state index contributed by atoms with van der Waals surface area (Å²) >= 11 is 0. The summed E-state index contributed by atoms with van der Waals surface area (Å²) in [6.45, 7) is 7.64. The largest absolute Gasteiger partial charge is 0.480 e. The molecule has 1 saturated heterocycles. The number of rotatable bonds is 5. The predicted molar refractivity (Wildman–Crippen MR) is 61.8 cm³/mol. The van der Waals surface area contributed by atoms with E-state index in [4.69, 9.17) is 9.84 Å². The lowest BCUT2D eigenvalue weighted by molar-refractivity contribution is -0.159. The van der Waals surface area contributed by atoms with E-state index in [1.54, 1.807) is 17.9 Å². The third kappa shape index (κ3) is 3.74. The fourth-order valence-corrected chi connectivity index (χ4v) is 1.58. The number of carboxylic acids is 1. The van der Waals surface area contributed by atoms with Gasteiger partial charge < -0.3 is 20.1 Å². The third-order valence-corrected chi connectivity index (χ3v) is 2.59. The van der Waals surface area contributed by atoms with Crippen LogP contribution in [0.5, 0.6) is 0 Å². The quantitative estimate of drug-likeness (QED) is 0.686. The van der Waals surface area contributed by atoms with E-state index in [0.717, 1.165) is 0 Å². The first-order chi connectivity index (χ1) is 7.86. The molecule has 0 aromatic rings. The van der Waals surface area contributed by atoms with Gasteiger partial charge in [-0.05, 0) is 13.8 Å². The summed E-state index contributed by atoms with van der Waals surface area (Å²) < 4.78 is 5.20. The van der Waals surface area contributed by atoms with Gasteiger partial charge in [0, 0.05) is 6.04 Å². The molecule has 6 nitrogen and oxygen atoms in total. The second-order valence-corrected chi connectivity index (χ2v) is 4.46. The lowest BCUT2D eigenvalue weighted by Gasteiger charge is -2.47. The zero-order chi connectivity index (χ0) is 13.1. The fraction of sp³-hybridized carbons (Fsp3) is 0.636. The van der Waals surface area contributed by atoms with Crippen LogP contribution in [0.2, 0.25) is 0 Å². The second-order valence-electron chi connectivity index (χ2n) is 4.46. The van der Waals surface area contributed by atoms with Gasteiger partial charge in [-0.25, -0.2) is 9.59 Å². The average Bonchev–Trinajstić information content (AvgIpc) is 2.22. The van der Waals surface area contributed by atoms with E-state index in [1.807, 2.05) is 6.92 Å². The Morgan fingerprint density at radius 2 is 2.24 bits per heavy atom. The first-order valence-corrected chi connectivity index (χ1v) is 5.40. The van der Waals surface area contributed by atoms with Crippen molar-refractivity contribution in [1.29, 1.82) is 0 Å². The molecule has 6 heteroatoms. The third-order valence-electron chi connectivity index (χ3n) is 2.59. The van der Waals surface area contributed by atoms with E-state index in [9.17, 15) is 9.59 Å². The molecule has 17 heavy (non-hydrogen) atoms. The van der Waals surface area contributed by atoms with E-state index in [2.05, 4.69) is 11.9 Å². The van der Waals surface area contributed by atoms with Gasteiger partial charge in [0.25, 0.3) is 0 Å². The van der Waals surface area contributed by atoms with Gasteiger partial charge in [0.15, 0.2) is 0 Å². The Morgan fingerprint density at radius 1 is 1.65 bits per heavy atom. The minimum atomic E-state index is -1.01. The molecule has 0 bridgehead atoms. The molecule has 0 spiro atoms. The minimum Gasteiger partial charge on any atom is -0.480 e. The van der Waals surface area contributed by atoms with E-state index in [-0.39, 0.29) is 18.7 Å². The number of urea groups is 1. The van der Waals surface area contributed by atoms with Crippen molar-refractivity contribution in [3.8, 4) is 0 Å². The van der Waals surface area contributed by atoms with E-state index < -0.39 is 11.6 Å². The van der Waals surface area contributed by atoms with Crippen molar-refractivity contribution in [1.82, 2.24) is 10.2 Å². The van der Waals surface area contributed by atoms with E-state index in [1.165, 1.54) is 0 Å². The van der Waals surface area contributed by atoms with Crippen LogP contribution in [0.1, 0.15) is 13.8 Å². The van der Waals surface area contributed by atoms with Crippen LogP contribution in [0.4, 0.5) is 4.79 Å². The Bertz CT molecular complexity index is 323. The monoisotopic (exact) mass is 242 g/mol.